The highest BCUT2D eigenvalue weighted by atomic mass is 16.6. The third kappa shape index (κ3) is 6.57. The number of aliphatic hydroxyl groups excluding tert-OH is 1. The van der Waals surface area contributed by atoms with Crippen molar-refractivity contribution in [2.24, 2.45) is 0 Å². The van der Waals surface area contributed by atoms with E-state index in [2.05, 4.69) is 5.32 Å². The fourth-order valence-electron chi connectivity index (χ4n) is 1.87. The maximum atomic E-state index is 11.7. The number of aliphatic hydroxyl groups is 1. The smallest absolute Gasteiger partial charge is 0.308 e. The Kier molecular flexibility index (Phi) is 6.02. The molecular formula is C16H25NO3. The highest BCUT2D eigenvalue weighted by Gasteiger charge is 2.18. The minimum atomic E-state index is -0.442. The molecule has 1 aromatic carbocycles. The second-order valence-corrected chi connectivity index (χ2v) is 6.01. The zero-order valence-corrected chi connectivity index (χ0v) is 12.8. The van der Waals surface area contributed by atoms with Gasteiger partial charge >= 0.3 is 5.97 Å². The monoisotopic (exact) mass is 279 g/mol. The highest BCUT2D eigenvalue weighted by molar-refractivity contribution is 5.71. The molecule has 4 heteroatoms. The molecule has 1 unspecified atom stereocenters. The molecule has 0 spiro atoms. The minimum Gasteiger partial charge on any atom is -0.460 e. The summed E-state index contributed by atoms with van der Waals surface area (Å²) >= 11 is 0. The van der Waals surface area contributed by atoms with Crippen molar-refractivity contribution in [3.05, 3.63) is 29.8 Å². The van der Waals surface area contributed by atoms with Crippen molar-refractivity contribution < 1.29 is 14.6 Å². The van der Waals surface area contributed by atoms with Crippen LogP contribution in [0.3, 0.4) is 0 Å². The van der Waals surface area contributed by atoms with Gasteiger partial charge in [-0.15, -0.1) is 0 Å². The summed E-state index contributed by atoms with van der Waals surface area (Å²) in [5.41, 5.74) is 1.61. The largest absolute Gasteiger partial charge is 0.460 e. The van der Waals surface area contributed by atoms with Gasteiger partial charge in [0, 0.05) is 18.3 Å². The standard InChI is InChI=1S/C16H25NO3/c1-12(11-15(19)20-16(2,3)4)17-14-7-5-13(6-8-14)9-10-18/h5-8,12,17-18H,9-11H2,1-4H3. The van der Waals surface area contributed by atoms with Gasteiger partial charge in [-0.2, -0.15) is 0 Å². The first-order valence-electron chi connectivity index (χ1n) is 6.98. The number of ether oxygens (including phenoxy) is 1. The van der Waals surface area contributed by atoms with Gasteiger partial charge in [-0.05, 0) is 51.8 Å². The van der Waals surface area contributed by atoms with E-state index < -0.39 is 5.60 Å². The first kappa shape index (κ1) is 16.5. The lowest BCUT2D eigenvalue weighted by atomic mass is 10.1. The van der Waals surface area contributed by atoms with Gasteiger partial charge in [0.15, 0.2) is 0 Å². The molecule has 0 bridgehead atoms. The molecule has 0 saturated heterocycles. The van der Waals surface area contributed by atoms with E-state index >= 15 is 0 Å². The van der Waals surface area contributed by atoms with Gasteiger partial charge in [0.05, 0.1) is 6.42 Å². The van der Waals surface area contributed by atoms with Gasteiger partial charge in [0.25, 0.3) is 0 Å². The van der Waals surface area contributed by atoms with Crippen LogP contribution in [0, 0.1) is 0 Å². The van der Waals surface area contributed by atoms with Gasteiger partial charge in [-0.25, -0.2) is 0 Å². The van der Waals surface area contributed by atoms with Crippen LogP contribution >= 0.6 is 0 Å². The van der Waals surface area contributed by atoms with E-state index in [-0.39, 0.29) is 18.6 Å². The molecule has 1 rings (SSSR count). The molecule has 2 N–H and O–H groups in total. The molecule has 4 nitrogen and oxygen atoms in total. The van der Waals surface area contributed by atoms with Crippen molar-refractivity contribution in [2.75, 3.05) is 11.9 Å². The summed E-state index contributed by atoms with van der Waals surface area (Å²) in [4.78, 5) is 11.7. The van der Waals surface area contributed by atoms with Gasteiger partial charge in [-0.3, -0.25) is 4.79 Å². The van der Waals surface area contributed by atoms with Crippen LogP contribution < -0.4 is 5.32 Å². The van der Waals surface area contributed by atoms with E-state index in [4.69, 9.17) is 9.84 Å². The Morgan fingerprint density at radius 3 is 2.40 bits per heavy atom. The second kappa shape index (κ2) is 7.29. The minimum absolute atomic E-state index is 0.00791. The van der Waals surface area contributed by atoms with Crippen LogP contribution in [0.5, 0.6) is 0 Å². The zero-order chi connectivity index (χ0) is 15.2. The molecule has 0 aromatic heterocycles. The van der Waals surface area contributed by atoms with Crippen molar-refractivity contribution in [1.29, 1.82) is 0 Å². The number of carbonyl (C=O) groups is 1. The maximum absolute atomic E-state index is 11.7. The van der Waals surface area contributed by atoms with Gasteiger partial charge in [-0.1, -0.05) is 12.1 Å². The molecule has 0 saturated carbocycles. The molecule has 0 aliphatic heterocycles. The van der Waals surface area contributed by atoms with E-state index in [9.17, 15) is 4.79 Å². The van der Waals surface area contributed by atoms with Gasteiger partial charge in [0.2, 0.25) is 0 Å². The van der Waals surface area contributed by atoms with E-state index in [1.54, 1.807) is 0 Å². The third-order valence-electron chi connectivity index (χ3n) is 2.66. The molecule has 20 heavy (non-hydrogen) atoms. The lowest BCUT2D eigenvalue weighted by molar-refractivity contribution is -0.154. The van der Waals surface area contributed by atoms with Crippen molar-refractivity contribution in [3.63, 3.8) is 0 Å². The second-order valence-electron chi connectivity index (χ2n) is 6.01. The first-order valence-corrected chi connectivity index (χ1v) is 6.98. The van der Waals surface area contributed by atoms with E-state index in [1.165, 1.54) is 0 Å². The summed E-state index contributed by atoms with van der Waals surface area (Å²) in [6.07, 6.45) is 0.989. The fourth-order valence-corrected chi connectivity index (χ4v) is 1.87. The Labute approximate surface area is 121 Å². The average Bonchev–Trinajstić information content (AvgIpc) is 2.29. The Balaban J connectivity index is 2.45. The van der Waals surface area contributed by atoms with Crippen LogP contribution in [0.25, 0.3) is 0 Å². The van der Waals surface area contributed by atoms with Crippen molar-refractivity contribution in [3.8, 4) is 0 Å². The molecule has 0 aliphatic carbocycles. The number of hydrogen-bond donors (Lipinski definition) is 2. The van der Waals surface area contributed by atoms with Crippen LogP contribution in [0.1, 0.15) is 39.7 Å². The zero-order valence-electron chi connectivity index (χ0n) is 12.8. The van der Waals surface area contributed by atoms with Crippen LogP contribution in [0.4, 0.5) is 5.69 Å². The average molecular weight is 279 g/mol. The SMILES string of the molecule is CC(CC(=O)OC(C)(C)C)Nc1ccc(CCO)cc1. The number of hydrogen-bond acceptors (Lipinski definition) is 4. The van der Waals surface area contributed by atoms with E-state index in [1.807, 2.05) is 52.0 Å². The molecular weight excluding hydrogens is 254 g/mol. The molecule has 0 heterocycles. The molecule has 112 valence electrons. The third-order valence-corrected chi connectivity index (χ3v) is 2.66. The molecule has 1 atom stereocenters. The fraction of sp³-hybridized carbons (Fsp3) is 0.562. The van der Waals surface area contributed by atoms with Gasteiger partial charge < -0.3 is 15.2 Å². The predicted octanol–water partition coefficient (Wildman–Crippen LogP) is 2.75. The van der Waals surface area contributed by atoms with Gasteiger partial charge in [0.1, 0.15) is 5.60 Å². The lowest BCUT2D eigenvalue weighted by Gasteiger charge is -2.21. The highest BCUT2D eigenvalue weighted by Crippen LogP contribution is 2.14. The van der Waals surface area contributed by atoms with Crippen LogP contribution in [-0.2, 0) is 16.0 Å². The van der Waals surface area contributed by atoms with Crippen LogP contribution in [0.15, 0.2) is 24.3 Å². The normalized spacial score (nSPS) is 12.8. The Hall–Kier alpha value is -1.55. The summed E-state index contributed by atoms with van der Waals surface area (Å²) in [7, 11) is 0. The predicted molar refractivity (Wildman–Crippen MR) is 80.8 cm³/mol. The summed E-state index contributed by atoms with van der Waals surface area (Å²) < 4.78 is 5.29. The summed E-state index contributed by atoms with van der Waals surface area (Å²) in [6, 6.07) is 7.86. The molecule has 1 aromatic rings. The number of rotatable bonds is 6. The quantitative estimate of drug-likeness (QED) is 0.786. The lowest BCUT2D eigenvalue weighted by Crippen LogP contribution is -2.28. The summed E-state index contributed by atoms with van der Waals surface area (Å²) in [6.45, 7) is 7.70. The van der Waals surface area contributed by atoms with E-state index in [0.717, 1.165) is 11.3 Å². The maximum Gasteiger partial charge on any atom is 0.308 e. The Bertz CT molecular complexity index is 420. The molecule has 0 fully saturated rings. The first-order chi connectivity index (χ1) is 9.30. The van der Waals surface area contributed by atoms with Crippen LogP contribution in [0.2, 0.25) is 0 Å². The number of benzene rings is 1. The summed E-state index contributed by atoms with van der Waals surface area (Å²) in [5, 5.41) is 12.1. The van der Waals surface area contributed by atoms with Crippen molar-refractivity contribution in [2.45, 2.75) is 52.2 Å². The topological polar surface area (TPSA) is 58.6 Å². The van der Waals surface area contributed by atoms with Crippen molar-refractivity contribution >= 4 is 11.7 Å². The molecule has 0 amide bonds. The number of anilines is 1. The number of carbonyl (C=O) groups excluding carboxylic acids is 1. The Morgan fingerprint density at radius 2 is 1.90 bits per heavy atom. The number of esters is 1. The molecule has 0 aliphatic rings. The van der Waals surface area contributed by atoms with Crippen molar-refractivity contribution in [1.82, 2.24) is 0 Å². The van der Waals surface area contributed by atoms with E-state index in [0.29, 0.717) is 12.8 Å². The van der Waals surface area contributed by atoms with Crippen LogP contribution in [-0.4, -0.2) is 29.3 Å². The number of nitrogens with one attached hydrogen (secondary N) is 1. The molecule has 0 radical (unpaired) electrons. The summed E-state index contributed by atoms with van der Waals surface area (Å²) in [5.74, 6) is -0.200. The Morgan fingerprint density at radius 1 is 1.30 bits per heavy atom.